The van der Waals surface area contributed by atoms with Gasteiger partial charge in [-0.05, 0) is 43.7 Å². The molecule has 2 N–H and O–H groups in total. The van der Waals surface area contributed by atoms with Gasteiger partial charge in [-0.1, -0.05) is 29.8 Å². The number of nitrogens with one attached hydrogen (secondary N) is 1. The molecule has 0 radical (unpaired) electrons. The quantitative estimate of drug-likeness (QED) is 0.673. The predicted octanol–water partition coefficient (Wildman–Crippen LogP) is 3.51. The molecule has 5 heteroatoms. The number of hydrogen-bond acceptors (Lipinski definition) is 3. The van der Waals surface area contributed by atoms with E-state index in [-0.39, 0.29) is 11.7 Å². The second-order valence-corrected chi connectivity index (χ2v) is 5.05. The molecule has 0 heterocycles. The van der Waals surface area contributed by atoms with Crippen LogP contribution in [0.25, 0.3) is 0 Å². The number of benzene rings is 2. The van der Waals surface area contributed by atoms with Crippen LogP contribution in [-0.2, 0) is 0 Å². The number of rotatable bonds is 3. The van der Waals surface area contributed by atoms with Crippen LogP contribution in [-0.4, -0.2) is 16.7 Å². The van der Waals surface area contributed by atoms with Gasteiger partial charge in [-0.2, -0.15) is 5.10 Å². The van der Waals surface area contributed by atoms with Crippen molar-refractivity contribution in [2.75, 3.05) is 0 Å². The molecule has 0 fully saturated rings. The fraction of sp³-hybridized carbons (Fsp3) is 0.125. The summed E-state index contributed by atoms with van der Waals surface area (Å²) in [5.74, 6) is -0.236. The van der Waals surface area contributed by atoms with Crippen LogP contribution in [0, 0.1) is 6.92 Å². The van der Waals surface area contributed by atoms with Crippen LogP contribution in [0.3, 0.4) is 0 Å². The summed E-state index contributed by atoms with van der Waals surface area (Å²) in [6.45, 7) is 3.54. The fourth-order valence-electron chi connectivity index (χ4n) is 1.88. The van der Waals surface area contributed by atoms with Crippen LogP contribution >= 0.6 is 11.6 Å². The molecule has 0 saturated carbocycles. The normalized spacial score (nSPS) is 11.3. The van der Waals surface area contributed by atoms with E-state index in [0.29, 0.717) is 21.9 Å². The Morgan fingerprint density at radius 3 is 2.62 bits per heavy atom. The van der Waals surface area contributed by atoms with Gasteiger partial charge < -0.3 is 5.11 Å². The SMILES string of the molecule is CC(=NNC(=O)c1ccccc1C)c1cc(Cl)ccc1O. The van der Waals surface area contributed by atoms with Gasteiger partial charge in [0.2, 0.25) is 0 Å². The van der Waals surface area contributed by atoms with E-state index in [2.05, 4.69) is 10.5 Å². The number of amides is 1. The number of phenolic OH excluding ortho intramolecular Hbond substituents is 1. The minimum atomic E-state index is -0.297. The molecule has 1 amide bonds. The van der Waals surface area contributed by atoms with Crippen molar-refractivity contribution in [3.63, 3.8) is 0 Å². The highest BCUT2D eigenvalue weighted by Crippen LogP contribution is 2.22. The van der Waals surface area contributed by atoms with Crippen LogP contribution in [0.4, 0.5) is 0 Å². The highest BCUT2D eigenvalue weighted by molar-refractivity contribution is 6.31. The number of aryl methyl sites for hydroxylation is 1. The third-order valence-corrected chi connectivity index (χ3v) is 3.30. The molecule has 0 spiro atoms. The van der Waals surface area contributed by atoms with Gasteiger partial charge in [0.15, 0.2) is 0 Å². The van der Waals surface area contributed by atoms with Gasteiger partial charge in [-0.3, -0.25) is 4.79 Å². The molecule has 21 heavy (non-hydrogen) atoms. The summed E-state index contributed by atoms with van der Waals surface area (Å²) in [7, 11) is 0. The average molecular weight is 303 g/mol. The van der Waals surface area contributed by atoms with Crippen molar-refractivity contribution in [2.24, 2.45) is 5.10 Å². The van der Waals surface area contributed by atoms with Crippen LogP contribution in [0.15, 0.2) is 47.6 Å². The Kier molecular flexibility index (Phi) is 4.60. The van der Waals surface area contributed by atoms with Crippen LogP contribution in [0.1, 0.15) is 28.4 Å². The first-order valence-electron chi connectivity index (χ1n) is 6.38. The first-order chi connectivity index (χ1) is 9.99. The highest BCUT2D eigenvalue weighted by Gasteiger charge is 2.09. The van der Waals surface area contributed by atoms with Crippen molar-refractivity contribution in [2.45, 2.75) is 13.8 Å². The zero-order chi connectivity index (χ0) is 15.4. The van der Waals surface area contributed by atoms with Gasteiger partial charge in [0.05, 0.1) is 5.71 Å². The van der Waals surface area contributed by atoms with Gasteiger partial charge in [-0.15, -0.1) is 0 Å². The van der Waals surface area contributed by atoms with Crippen molar-refractivity contribution in [3.05, 3.63) is 64.2 Å². The van der Waals surface area contributed by atoms with Gasteiger partial charge in [0.1, 0.15) is 5.75 Å². The lowest BCUT2D eigenvalue weighted by Crippen LogP contribution is -2.20. The monoisotopic (exact) mass is 302 g/mol. The van der Waals surface area contributed by atoms with Crippen molar-refractivity contribution < 1.29 is 9.90 Å². The number of phenols is 1. The number of aromatic hydroxyl groups is 1. The number of halogens is 1. The van der Waals surface area contributed by atoms with E-state index in [1.54, 1.807) is 31.2 Å². The lowest BCUT2D eigenvalue weighted by Gasteiger charge is -2.07. The van der Waals surface area contributed by atoms with Crippen molar-refractivity contribution in [3.8, 4) is 5.75 Å². The van der Waals surface area contributed by atoms with E-state index in [1.807, 2.05) is 19.1 Å². The Morgan fingerprint density at radius 1 is 1.19 bits per heavy atom. The van der Waals surface area contributed by atoms with Crippen molar-refractivity contribution >= 4 is 23.2 Å². The first kappa shape index (κ1) is 15.1. The maximum absolute atomic E-state index is 12.0. The van der Waals surface area contributed by atoms with Crippen molar-refractivity contribution in [1.82, 2.24) is 5.43 Å². The maximum atomic E-state index is 12.0. The minimum Gasteiger partial charge on any atom is -0.507 e. The van der Waals surface area contributed by atoms with Gasteiger partial charge in [0.25, 0.3) is 5.91 Å². The molecule has 0 saturated heterocycles. The van der Waals surface area contributed by atoms with Crippen molar-refractivity contribution in [1.29, 1.82) is 0 Å². The van der Waals surface area contributed by atoms with E-state index >= 15 is 0 Å². The smallest absolute Gasteiger partial charge is 0.271 e. The summed E-state index contributed by atoms with van der Waals surface area (Å²) >= 11 is 5.89. The third-order valence-electron chi connectivity index (χ3n) is 3.06. The average Bonchev–Trinajstić information content (AvgIpc) is 2.47. The number of carbonyl (C=O) groups is 1. The van der Waals surface area contributed by atoms with Crippen LogP contribution in [0.5, 0.6) is 5.75 Å². The molecule has 2 rings (SSSR count). The van der Waals surface area contributed by atoms with Gasteiger partial charge in [-0.25, -0.2) is 5.43 Å². The Hall–Kier alpha value is -2.33. The molecule has 4 nitrogen and oxygen atoms in total. The van der Waals surface area contributed by atoms with E-state index < -0.39 is 0 Å². The van der Waals surface area contributed by atoms with E-state index in [0.717, 1.165) is 5.56 Å². The third kappa shape index (κ3) is 3.61. The molecular formula is C16H15ClN2O2. The summed E-state index contributed by atoms with van der Waals surface area (Å²) in [4.78, 5) is 12.0. The van der Waals surface area contributed by atoms with Gasteiger partial charge >= 0.3 is 0 Å². The molecule has 0 aromatic heterocycles. The lowest BCUT2D eigenvalue weighted by molar-refractivity contribution is 0.0954. The fourth-order valence-corrected chi connectivity index (χ4v) is 2.05. The molecule has 108 valence electrons. The Morgan fingerprint density at radius 2 is 1.90 bits per heavy atom. The summed E-state index contributed by atoms with van der Waals surface area (Å²) < 4.78 is 0. The lowest BCUT2D eigenvalue weighted by atomic mass is 10.1. The number of hydrogen-bond donors (Lipinski definition) is 2. The molecule has 0 atom stereocenters. The topological polar surface area (TPSA) is 61.7 Å². The standard InChI is InChI=1S/C16H15ClN2O2/c1-10-5-3-4-6-13(10)16(21)19-18-11(2)14-9-12(17)7-8-15(14)20/h3-9,20H,1-2H3,(H,19,21). The largest absolute Gasteiger partial charge is 0.507 e. The predicted molar refractivity (Wildman–Crippen MR) is 84.0 cm³/mol. The summed E-state index contributed by atoms with van der Waals surface area (Å²) in [6, 6.07) is 11.9. The molecular weight excluding hydrogens is 288 g/mol. The molecule has 0 aliphatic rings. The molecule has 0 unspecified atom stereocenters. The zero-order valence-corrected chi connectivity index (χ0v) is 12.5. The Bertz CT molecular complexity index is 711. The Balaban J connectivity index is 2.19. The second-order valence-electron chi connectivity index (χ2n) is 4.61. The summed E-state index contributed by atoms with van der Waals surface area (Å²) in [5.41, 5.74) is 4.86. The summed E-state index contributed by atoms with van der Waals surface area (Å²) in [6.07, 6.45) is 0. The molecule has 0 aliphatic carbocycles. The van der Waals surface area contributed by atoms with Crippen LogP contribution in [0.2, 0.25) is 5.02 Å². The minimum absolute atomic E-state index is 0.0609. The zero-order valence-electron chi connectivity index (χ0n) is 11.7. The van der Waals surface area contributed by atoms with E-state index in [9.17, 15) is 9.90 Å². The summed E-state index contributed by atoms with van der Waals surface area (Å²) in [5, 5.41) is 14.3. The van der Waals surface area contributed by atoms with E-state index in [1.165, 1.54) is 6.07 Å². The maximum Gasteiger partial charge on any atom is 0.271 e. The highest BCUT2D eigenvalue weighted by atomic mass is 35.5. The van der Waals surface area contributed by atoms with Gasteiger partial charge in [0, 0.05) is 16.1 Å². The molecule has 2 aromatic rings. The number of hydrazone groups is 1. The first-order valence-corrected chi connectivity index (χ1v) is 6.76. The molecule has 2 aromatic carbocycles. The van der Waals surface area contributed by atoms with E-state index in [4.69, 9.17) is 11.6 Å². The van der Waals surface area contributed by atoms with Crippen LogP contribution < -0.4 is 5.43 Å². The number of nitrogens with zero attached hydrogens (tertiary/aromatic N) is 1. The second kappa shape index (κ2) is 6.41. The Labute approximate surface area is 128 Å². The number of carbonyl (C=O) groups excluding carboxylic acids is 1. The molecule has 0 bridgehead atoms. The molecule has 0 aliphatic heterocycles.